The van der Waals surface area contributed by atoms with E-state index >= 15 is 0 Å². The van der Waals surface area contributed by atoms with Gasteiger partial charge in [0.15, 0.2) is 5.96 Å². The number of rotatable bonds is 8. The Balaban J connectivity index is 0.00000364. The number of halogens is 1. The highest BCUT2D eigenvalue weighted by Gasteiger charge is 2.06. The molecule has 27 heavy (non-hydrogen) atoms. The lowest BCUT2D eigenvalue weighted by atomic mass is 10.1. The summed E-state index contributed by atoms with van der Waals surface area (Å²) in [6.07, 6.45) is 0. The molecule has 3 N–H and O–H groups in total. The Kier molecular flexibility index (Phi) is 11.0. The standard InChI is InChI=1S/C19H27N5OS.HI/c1-20-19(23-14-17-8-5-11-26-17)22-13-15-6-4-7-16(12-15)18(25)21-9-10-24(2)3;/h4-8,11-12H,9-10,13-14H2,1-3H3,(H,21,25)(H2,20,22,23);1H. The van der Waals surface area contributed by atoms with Crippen LogP contribution < -0.4 is 16.0 Å². The van der Waals surface area contributed by atoms with E-state index in [4.69, 9.17) is 0 Å². The zero-order chi connectivity index (χ0) is 18.8. The van der Waals surface area contributed by atoms with Crippen LogP contribution in [0.5, 0.6) is 0 Å². The van der Waals surface area contributed by atoms with Crippen molar-refractivity contribution in [2.75, 3.05) is 34.2 Å². The molecule has 0 bridgehead atoms. The van der Waals surface area contributed by atoms with Crippen molar-refractivity contribution < 1.29 is 4.79 Å². The van der Waals surface area contributed by atoms with Crippen LogP contribution in [0.15, 0.2) is 46.8 Å². The van der Waals surface area contributed by atoms with Gasteiger partial charge in [0, 0.05) is 37.1 Å². The Hall–Kier alpha value is -1.65. The van der Waals surface area contributed by atoms with Gasteiger partial charge in [-0.2, -0.15) is 0 Å². The van der Waals surface area contributed by atoms with E-state index in [1.807, 2.05) is 49.3 Å². The number of nitrogens with one attached hydrogen (secondary N) is 3. The minimum absolute atomic E-state index is 0. The molecule has 8 heteroatoms. The van der Waals surface area contributed by atoms with E-state index in [-0.39, 0.29) is 29.9 Å². The second kappa shape index (κ2) is 12.7. The minimum atomic E-state index is -0.0473. The van der Waals surface area contributed by atoms with Crippen LogP contribution in [0, 0.1) is 0 Å². The van der Waals surface area contributed by atoms with Gasteiger partial charge in [-0.3, -0.25) is 9.79 Å². The van der Waals surface area contributed by atoms with E-state index in [1.54, 1.807) is 18.4 Å². The summed E-state index contributed by atoms with van der Waals surface area (Å²) in [6, 6.07) is 11.8. The number of carbonyl (C=O) groups is 1. The molecule has 0 saturated carbocycles. The summed E-state index contributed by atoms with van der Waals surface area (Å²) in [5, 5.41) is 11.6. The fourth-order valence-electron chi connectivity index (χ4n) is 2.31. The smallest absolute Gasteiger partial charge is 0.251 e. The zero-order valence-electron chi connectivity index (χ0n) is 16.0. The molecule has 0 fully saturated rings. The van der Waals surface area contributed by atoms with Crippen LogP contribution in [0.25, 0.3) is 0 Å². The van der Waals surface area contributed by atoms with Crippen LogP contribution >= 0.6 is 35.3 Å². The third-order valence-corrected chi connectivity index (χ3v) is 4.60. The van der Waals surface area contributed by atoms with Gasteiger partial charge < -0.3 is 20.9 Å². The molecule has 6 nitrogen and oxygen atoms in total. The molecule has 2 rings (SSSR count). The SMILES string of the molecule is CN=C(NCc1cccc(C(=O)NCCN(C)C)c1)NCc1cccs1.I. The Labute approximate surface area is 182 Å². The van der Waals surface area contributed by atoms with Crippen LogP contribution in [0.2, 0.25) is 0 Å². The molecule has 0 atom stereocenters. The highest BCUT2D eigenvalue weighted by Crippen LogP contribution is 2.07. The highest BCUT2D eigenvalue weighted by atomic mass is 127. The predicted molar refractivity (Wildman–Crippen MR) is 124 cm³/mol. The molecule has 0 aliphatic carbocycles. The van der Waals surface area contributed by atoms with Crippen molar-refractivity contribution in [3.63, 3.8) is 0 Å². The van der Waals surface area contributed by atoms with Gasteiger partial charge in [-0.25, -0.2) is 0 Å². The van der Waals surface area contributed by atoms with Crippen molar-refractivity contribution in [2.24, 2.45) is 4.99 Å². The summed E-state index contributed by atoms with van der Waals surface area (Å²) >= 11 is 1.71. The van der Waals surface area contributed by atoms with Gasteiger partial charge in [0.25, 0.3) is 5.91 Å². The second-order valence-electron chi connectivity index (χ2n) is 6.12. The molecular formula is C19H28IN5OS. The van der Waals surface area contributed by atoms with Gasteiger partial charge in [-0.1, -0.05) is 18.2 Å². The lowest BCUT2D eigenvalue weighted by Gasteiger charge is -2.13. The zero-order valence-corrected chi connectivity index (χ0v) is 19.1. The normalized spacial score (nSPS) is 11.0. The largest absolute Gasteiger partial charge is 0.352 e. The number of amides is 1. The number of likely N-dealkylation sites (N-methyl/N-ethyl adjacent to an activating group) is 1. The van der Waals surface area contributed by atoms with Crippen molar-refractivity contribution in [3.8, 4) is 0 Å². The summed E-state index contributed by atoms with van der Waals surface area (Å²) in [7, 11) is 5.72. The van der Waals surface area contributed by atoms with Crippen molar-refractivity contribution in [2.45, 2.75) is 13.1 Å². The molecule has 0 saturated heterocycles. The summed E-state index contributed by atoms with van der Waals surface area (Å²) < 4.78 is 0. The van der Waals surface area contributed by atoms with Gasteiger partial charge in [0.2, 0.25) is 0 Å². The molecule has 2 aromatic rings. The first kappa shape index (κ1) is 23.4. The van der Waals surface area contributed by atoms with E-state index in [0.717, 1.165) is 24.6 Å². The van der Waals surface area contributed by atoms with E-state index in [2.05, 4.69) is 32.4 Å². The Morgan fingerprint density at radius 1 is 1.11 bits per heavy atom. The summed E-state index contributed by atoms with van der Waals surface area (Å²) in [6.45, 7) is 2.79. The van der Waals surface area contributed by atoms with Crippen LogP contribution in [-0.2, 0) is 13.1 Å². The van der Waals surface area contributed by atoms with E-state index < -0.39 is 0 Å². The average Bonchev–Trinajstić information content (AvgIpc) is 3.15. The molecule has 0 unspecified atom stereocenters. The maximum Gasteiger partial charge on any atom is 0.251 e. The Morgan fingerprint density at radius 2 is 1.89 bits per heavy atom. The number of guanidine groups is 1. The summed E-state index contributed by atoms with van der Waals surface area (Å²) in [5.41, 5.74) is 1.70. The number of aliphatic imine (C=N–C) groups is 1. The molecule has 1 aromatic heterocycles. The second-order valence-corrected chi connectivity index (χ2v) is 7.15. The van der Waals surface area contributed by atoms with Crippen molar-refractivity contribution in [1.29, 1.82) is 0 Å². The average molecular weight is 501 g/mol. The monoisotopic (exact) mass is 501 g/mol. The number of benzene rings is 1. The van der Waals surface area contributed by atoms with Gasteiger partial charge in [-0.15, -0.1) is 35.3 Å². The third kappa shape index (κ3) is 8.72. The lowest BCUT2D eigenvalue weighted by Crippen LogP contribution is -2.36. The van der Waals surface area contributed by atoms with Gasteiger partial charge in [0.1, 0.15) is 0 Å². The Bertz CT molecular complexity index is 719. The summed E-state index contributed by atoms with van der Waals surface area (Å²) in [5.74, 6) is 0.688. The van der Waals surface area contributed by atoms with E-state index in [1.165, 1.54) is 4.88 Å². The fraction of sp³-hybridized carbons (Fsp3) is 0.368. The molecule has 0 radical (unpaired) electrons. The van der Waals surface area contributed by atoms with Crippen LogP contribution in [0.3, 0.4) is 0 Å². The molecule has 0 aliphatic rings. The number of hydrogen-bond acceptors (Lipinski definition) is 4. The number of thiophene rings is 1. The lowest BCUT2D eigenvalue weighted by molar-refractivity contribution is 0.0951. The van der Waals surface area contributed by atoms with Crippen molar-refractivity contribution in [1.82, 2.24) is 20.9 Å². The summed E-state index contributed by atoms with van der Waals surface area (Å²) in [4.78, 5) is 19.7. The van der Waals surface area contributed by atoms with Gasteiger partial charge in [-0.05, 0) is 43.2 Å². The van der Waals surface area contributed by atoms with Crippen LogP contribution in [0.1, 0.15) is 20.8 Å². The number of hydrogen-bond donors (Lipinski definition) is 3. The number of carbonyl (C=O) groups excluding carboxylic acids is 1. The quantitative estimate of drug-likeness (QED) is 0.296. The third-order valence-electron chi connectivity index (χ3n) is 3.73. The molecule has 148 valence electrons. The van der Waals surface area contributed by atoms with E-state index in [9.17, 15) is 4.79 Å². The molecular weight excluding hydrogens is 473 g/mol. The molecule has 1 aromatic carbocycles. The van der Waals surface area contributed by atoms with E-state index in [0.29, 0.717) is 18.7 Å². The minimum Gasteiger partial charge on any atom is -0.352 e. The molecule has 1 heterocycles. The predicted octanol–water partition coefficient (Wildman–Crippen LogP) is 2.52. The first-order chi connectivity index (χ1) is 12.6. The van der Waals surface area contributed by atoms with Crippen LogP contribution in [-0.4, -0.2) is 51.0 Å². The van der Waals surface area contributed by atoms with Gasteiger partial charge >= 0.3 is 0 Å². The maximum absolute atomic E-state index is 12.2. The molecule has 1 amide bonds. The van der Waals surface area contributed by atoms with Crippen molar-refractivity contribution >= 4 is 47.2 Å². The number of nitrogens with zero attached hydrogens (tertiary/aromatic N) is 2. The first-order valence-electron chi connectivity index (χ1n) is 8.57. The van der Waals surface area contributed by atoms with Crippen LogP contribution in [0.4, 0.5) is 0 Å². The van der Waals surface area contributed by atoms with Gasteiger partial charge in [0.05, 0.1) is 6.54 Å². The fourth-order valence-corrected chi connectivity index (χ4v) is 2.95. The molecule has 0 aliphatic heterocycles. The topological polar surface area (TPSA) is 68.8 Å². The highest BCUT2D eigenvalue weighted by molar-refractivity contribution is 14.0. The Morgan fingerprint density at radius 3 is 2.56 bits per heavy atom. The molecule has 0 spiro atoms. The maximum atomic E-state index is 12.2. The van der Waals surface area contributed by atoms with Crippen molar-refractivity contribution in [3.05, 3.63) is 57.8 Å². The first-order valence-corrected chi connectivity index (χ1v) is 9.45.